The topological polar surface area (TPSA) is 11.3 Å². The summed E-state index contributed by atoms with van der Waals surface area (Å²) in [6.45, 7) is 0. The minimum absolute atomic E-state index is 0.929. The van der Waals surface area contributed by atoms with Crippen molar-refractivity contribution in [2.24, 2.45) is 0 Å². The van der Waals surface area contributed by atoms with Crippen molar-refractivity contribution in [2.75, 3.05) is 0 Å². The Balaban J connectivity index is 2.32. The lowest BCUT2D eigenvalue weighted by Crippen LogP contribution is -1.79. The van der Waals surface area contributed by atoms with Gasteiger partial charge in [-0.15, -0.1) is 0 Å². The SMILES string of the molecule is c1ccc(-c2[o+]ccc3ccccc23)cc1. The van der Waals surface area contributed by atoms with Gasteiger partial charge in [-0.1, -0.05) is 36.4 Å². The molecule has 0 saturated heterocycles. The maximum Gasteiger partial charge on any atom is 0.367 e. The van der Waals surface area contributed by atoms with Gasteiger partial charge in [0.05, 0.1) is 10.9 Å². The van der Waals surface area contributed by atoms with E-state index in [9.17, 15) is 0 Å². The third-order valence-electron chi connectivity index (χ3n) is 2.67. The highest BCUT2D eigenvalue weighted by Gasteiger charge is 2.14. The smallest absolute Gasteiger partial charge is 0.215 e. The van der Waals surface area contributed by atoms with Crippen LogP contribution in [0.5, 0.6) is 0 Å². The van der Waals surface area contributed by atoms with Crippen molar-refractivity contribution in [2.45, 2.75) is 0 Å². The summed E-state index contributed by atoms with van der Waals surface area (Å²) in [5.41, 5.74) is 1.11. The van der Waals surface area contributed by atoms with Crippen LogP contribution in [-0.4, -0.2) is 0 Å². The van der Waals surface area contributed by atoms with Crippen LogP contribution in [0.4, 0.5) is 0 Å². The van der Waals surface area contributed by atoms with Crippen LogP contribution in [-0.2, 0) is 0 Å². The van der Waals surface area contributed by atoms with Gasteiger partial charge in [-0.2, -0.15) is 0 Å². The zero-order chi connectivity index (χ0) is 10.8. The molecule has 2 aromatic carbocycles. The summed E-state index contributed by atoms with van der Waals surface area (Å²) >= 11 is 0. The van der Waals surface area contributed by atoms with Gasteiger partial charge in [-0.05, 0) is 23.6 Å². The third kappa shape index (κ3) is 1.47. The Morgan fingerprint density at radius 2 is 1.44 bits per heavy atom. The molecule has 0 N–H and O–H groups in total. The first-order valence-electron chi connectivity index (χ1n) is 5.30. The van der Waals surface area contributed by atoms with E-state index in [1.807, 2.05) is 36.4 Å². The van der Waals surface area contributed by atoms with Crippen LogP contribution in [0, 0.1) is 0 Å². The minimum Gasteiger partial charge on any atom is -0.215 e. The molecule has 1 nitrogen and oxygen atoms in total. The van der Waals surface area contributed by atoms with Gasteiger partial charge in [-0.3, -0.25) is 0 Å². The summed E-state index contributed by atoms with van der Waals surface area (Å²) in [6.07, 6.45) is 1.74. The highest BCUT2D eigenvalue weighted by Crippen LogP contribution is 2.27. The fraction of sp³-hybridized carbons (Fsp3) is 0. The third-order valence-corrected chi connectivity index (χ3v) is 2.67. The molecular weight excluding hydrogens is 196 g/mol. The number of hydrogen-bond acceptors (Lipinski definition) is 0. The Morgan fingerprint density at radius 1 is 0.688 bits per heavy atom. The summed E-state index contributed by atoms with van der Waals surface area (Å²) in [6, 6.07) is 20.4. The van der Waals surface area contributed by atoms with E-state index in [1.165, 1.54) is 5.39 Å². The van der Waals surface area contributed by atoms with Crippen LogP contribution in [0.15, 0.2) is 71.3 Å². The molecule has 1 heteroatoms. The van der Waals surface area contributed by atoms with Gasteiger partial charge in [0.1, 0.15) is 0 Å². The number of rotatable bonds is 1. The summed E-state index contributed by atoms with van der Waals surface area (Å²) in [5.74, 6) is 0.929. The fourth-order valence-electron chi connectivity index (χ4n) is 1.90. The monoisotopic (exact) mass is 207 g/mol. The van der Waals surface area contributed by atoms with Crippen LogP contribution < -0.4 is 0 Å². The summed E-state index contributed by atoms with van der Waals surface area (Å²) < 4.78 is 5.63. The van der Waals surface area contributed by atoms with E-state index >= 15 is 0 Å². The van der Waals surface area contributed by atoms with Gasteiger partial charge in [0.2, 0.25) is 0 Å². The van der Waals surface area contributed by atoms with Crippen molar-refractivity contribution >= 4 is 10.8 Å². The van der Waals surface area contributed by atoms with Crippen LogP contribution in [0.2, 0.25) is 0 Å². The second-order valence-corrected chi connectivity index (χ2v) is 3.70. The van der Waals surface area contributed by atoms with Crippen molar-refractivity contribution in [1.29, 1.82) is 0 Å². The molecule has 16 heavy (non-hydrogen) atoms. The van der Waals surface area contributed by atoms with E-state index in [0.717, 1.165) is 16.7 Å². The maximum absolute atomic E-state index is 5.63. The molecule has 0 aliphatic heterocycles. The zero-order valence-electron chi connectivity index (χ0n) is 8.76. The van der Waals surface area contributed by atoms with Gasteiger partial charge < -0.3 is 0 Å². The Labute approximate surface area is 94.0 Å². The number of benzene rings is 2. The van der Waals surface area contributed by atoms with Crippen molar-refractivity contribution in [3.8, 4) is 11.3 Å². The zero-order valence-corrected chi connectivity index (χ0v) is 8.76. The molecule has 1 heterocycles. The van der Waals surface area contributed by atoms with E-state index in [0.29, 0.717) is 0 Å². The largest absolute Gasteiger partial charge is 0.367 e. The first-order chi connectivity index (χ1) is 7.95. The molecule has 1 aromatic heterocycles. The molecule has 0 atom stereocenters. The number of fused-ring (bicyclic) bond motifs is 1. The Kier molecular flexibility index (Phi) is 2.15. The van der Waals surface area contributed by atoms with Gasteiger partial charge in [0, 0.05) is 6.07 Å². The van der Waals surface area contributed by atoms with Crippen molar-refractivity contribution < 1.29 is 4.42 Å². The molecule has 0 fully saturated rings. The standard InChI is InChI=1S/C15H11O/c1-2-7-13(8-3-1)15-14-9-5-4-6-12(14)10-11-16-15/h1-11H/q+1. The van der Waals surface area contributed by atoms with Crippen molar-refractivity contribution in [3.05, 3.63) is 66.9 Å². The van der Waals surface area contributed by atoms with Gasteiger partial charge in [-0.25, -0.2) is 4.42 Å². The Bertz CT molecular complexity index is 609. The van der Waals surface area contributed by atoms with Crippen LogP contribution in [0.3, 0.4) is 0 Å². The highest BCUT2D eigenvalue weighted by atomic mass is 16.3. The van der Waals surface area contributed by atoms with Crippen molar-refractivity contribution in [1.82, 2.24) is 0 Å². The van der Waals surface area contributed by atoms with Crippen LogP contribution in [0.1, 0.15) is 0 Å². The van der Waals surface area contributed by atoms with E-state index in [2.05, 4.69) is 24.3 Å². The highest BCUT2D eigenvalue weighted by molar-refractivity contribution is 5.93. The predicted molar refractivity (Wildman–Crippen MR) is 66.1 cm³/mol. The van der Waals surface area contributed by atoms with Crippen LogP contribution in [0.25, 0.3) is 22.1 Å². The van der Waals surface area contributed by atoms with E-state index in [1.54, 1.807) is 6.26 Å². The Morgan fingerprint density at radius 3 is 2.31 bits per heavy atom. The average molecular weight is 207 g/mol. The maximum atomic E-state index is 5.63. The Hall–Kier alpha value is -2.15. The van der Waals surface area contributed by atoms with E-state index in [4.69, 9.17) is 4.42 Å². The van der Waals surface area contributed by atoms with Gasteiger partial charge >= 0.3 is 12.0 Å². The molecule has 0 aliphatic carbocycles. The summed E-state index contributed by atoms with van der Waals surface area (Å²) in [4.78, 5) is 0. The molecule has 0 amide bonds. The lowest BCUT2D eigenvalue weighted by atomic mass is 10.1. The number of hydrogen-bond donors (Lipinski definition) is 0. The lowest BCUT2D eigenvalue weighted by Gasteiger charge is -1.95. The normalized spacial score (nSPS) is 10.5. The van der Waals surface area contributed by atoms with Gasteiger partial charge in [0.25, 0.3) is 0 Å². The summed E-state index contributed by atoms with van der Waals surface area (Å²) in [7, 11) is 0. The molecule has 0 bridgehead atoms. The average Bonchev–Trinajstić information content (AvgIpc) is 2.39. The molecule has 0 radical (unpaired) electrons. The van der Waals surface area contributed by atoms with Crippen LogP contribution >= 0.6 is 0 Å². The molecule has 3 aromatic rings. The molecule has 76 valence electrons. The minimum atomic E-state index is 0.929. The van der Waals surface area contributed by atoms with E-state index < -0.39 is 0 Å². The second-order valence-electron chi connectivity index (χ2n) is 3.70. The molecule has 3 rings (SSSR count). The fourth-order valence-corrected chi connectivity index (χ4v) is 1.90. The van der Waals surface area contributed by atoms with Crippen molar-refractivity contribution in [3.63, 3.8) is 0 Å². The molecule has 0 aliphatic rings. The predicted octanol–water partition coefficient (Wildman–Crippen LogP) is 4.38. The lowest BCUT2D eigenvalue weighted by molar-refractivity contribution is 0.572. The summed E-state index contributed by atoms with van der Waals surface area (Å²) in [5, 5.41) is 2.35. The molecular formula is C15H11O+. The first-order valence-corrected chi connectivity index (χ1v) is 5.30. The quantitative estimate of drug-likeness (QED) is 0.539. The molecule has 0 unspecified atom stereocenters. The second kappa shape index (κ2) is 3.78. The molecule has 0 spiro atoms. The van der Waals surface area contributed by atoms with E-state index in [-0.39, 0.29) is 0 Å². The molecule has 0 saturated carbocycles. The van der Waals surface area contributed by atoms with Gasteiger partial charge in [0.15, 0.2) is 0 Å². The first kappa shape index (κ1) is 9.10.